The first-order chi connectivity index (χ1) is 11.0. The molecule has 0 saturated heterocycles. The number of benzene rings is 1. The molecule has 0 radical (unpaired) electrons. The molecule has 0 aromatic heterocycles. The Labute approximate surface area is 139 Å². The van der Waals surface area contributed by atoms with Crippen molar-refractivity contribution in [2.75, 3.05) is 7.11 Å². The van der Waals surface area contributed by atoms with E-state index in [-0.39, 0.29) is 5.41 Å². The van der Waals surface area contributed by atoms with Crippen molar-refractivity contribution in [2.45, 2.75) is 57.0 Å². The van der Waals surface area contributed by atoms with Crippen molar-refractivity contribution < 1.29 is 9.84 Å². The van der Waals surface area contributed by atoms with Crippen LogP contribution in [0.4, 0.5) is 0 Å². The van der Waals surface area contributed by atoms with Gasteiger partial charge >= 0.3 is 0 Å². The van der Waals surface area contributed by atoms with E-state index in [4.69, 9.17) is 11.2 Å². The van der Waals surface area contributed by atoms with Crippen LogP contribution in [0.5, 0.6) is 5.75 Å². The van der Waals surface area contributed by atoms with Crippen LogP contribution >= 0.6 is 0 Å². The summed E-state index contributed by atoms with van der Waals surface area (Å²) in [5.74, 6) is 5.56. The minimum Gasteiger partial charge on any atom is -0.497 e. The summed E-state index contributed by atoms with van der Waals surface area (Å²) in [5, 5.41) is 11.0. The topological polar surface area (TPSA) is 29.5 Å². The van der Waals surface area contributed by atoms with Crippen molar-refractivity contribution in [1.29, 1.82) is 0 Å². The molecular weight excluding hydrogens is 284 g/mol. The molecule has 122 valence electrons. The third-order valence-electron chi connectivity index (χ3n) is 7.32. The molecule has 1 aromatic rings. The Morgan fingerprint density at radius 2 is 2.09 bits per heavy atom. The van der Waals surface area contributed by atoms with Gasteiger partial charge < -0.3 is 9.84 Å². The fourth-order valence-electron chi connectivity index (χ4n) is 5.94. The van der Waals surface area contributed by atoms with Crippen LogP contribution in [0.1, 0.15) is 56.1 Å². The number of aryl methyl sites for hydroxylation is 1. The number of terminal acetylenes is 1. The smallest absolute Gasteiger partial charge is 0.130 e. The van der Waals surface area contributed by atoms with Crippen LogP contribution in [0.15, 0.2) is 18.2 Å². The first kappa shape index (κ1) is 15.1. The number of ether oxygens (including phenoxy) is 1. The zero-order valence-corrected chi connectivity index (χ0v) is 14.1. The maximum Gasteiger partial charge on any atom is 0.130 e. The van der Waals surface area contributed by atoms with Crippen LogP contribution < -0.4 is 4.74 Å². The largest absolute Gasteiger partial charge is 0.497 e. The number of hydrogen-bond acceptors (Lipinski definition) is 2. The highest BCUT2D eigenvalue weighted by atomic mass is 16.5. The summed E-state index contributed by atoms with van der Waals surface area (Å²) in [6.45, 7) is 2.24. The molecule has 3 aliphatic rings. The minimum atomic E-state index is -0.900. The maximum absolute atomic E-state index is 11.0. The molecule has 3 aliphatic carbocycles. The molecule has 2 nitrogen and oxygen atoms in total. The van der Waals surface area contributed by atoms with Gasteiger partial charge in [0.1, 0.15) is 11.4 Å². The normalized spacial score (nSPS) is 41.4. The van der Waals surface area contributed by atoms with E-state index in [0.29, 0.717) is 17.8 Å². The Balaban J connectivity index is 1.70. The molecule has 0 heterocycles. The van der Waals surface area contributed by atoms with E-state index in [9.17, 15) is 5.11 Å². The van der Waals surface area contributed by atoms with Crippen molar-refractivity contribution in [2.24, 2.45) is 17.3 Å². The fraction of sp³-hybridized carbons (Fsp3) is 0.619. The van der Waals surface area contributed by atoms with Gasteiger partial charge in [0.15, 0.2) is 0 Å². The third-order valence-corrected chi connectivity index (χ3v) is 7.32. The first-order valence-corrected chi connectivity index (χ1v) is 8.89. The van der Waals surface area contributed by atoms with Gasteiger partial charge in [-0.3, -0.25) is 0 Å². The lowest BCUT2D eigenvalue weighted by Gasteiger charge is -2.52. The second-order valence-corrected chi connectivity index (χ2v) is 7.98. The summed E-state index contributed by atoms with van der Waals surface area (Å²) in [6.07, 6.45) is 12.1. The molecule has 0 bridgehead atoms. The molecule has 1 N–H and O–H groups in total. The van der Waals surface area contributed by atoms with Gasteiger partial charge in [-0.25, -0.2) is 0 Å². The zero-order chi connectivity index (χ0) is 16.2. The average Bonchev–Trinajstić information content (AvgIpc) is 2.86. The lowest BCUT2D eigenvalue weighted by molar-refractivity contribution is -0.0646. The van der Waals surface area contributed by atoms with Gasteiger partial charge in [0, 0.05) is 5.41 Å². The summed E-state index contributed by atoms with van der Waals surface area (Å²) in [7, 11) is 1.73. The van der Waals surface area contributed by atoms with Crippen molar-refractivity contribution in [3.63, 3.8) is 0 Å². The van der Waals surface area contributed by atoms with E-state index in [2.05, 4.69) is 31.0 Å². The Morgan fingerprint density at radius 3 is 2.83 bits per heavy atom. The quantitative estimate of drug-likeness (QED) is 0.797. The number of fused-ring (bicyclic) bond motifs is 5. The molecule has 0 spiro atoms. The van der Waals surface area contributed by atoms with Crippen molar-refractivity contribution in [3.8, 4) is 18.1 Å². The summed E-state index contributed by atoms with van der Waals surface area (Å²) in [4.78, 5) is 0. The molecule has 23 heavy (non-hydrogen) atoms. The monoisotopic (exact) mass is 310 g/mol. The molecule has 2 heteroatoms. The van der Waals surface area contributed by atoms with Gasteiger partial charge in [-0.15, -0.1) is 6.42 Å². The van der Waals surface area contributed by atoms with Gasteiger partial charge in [0.2, 0.25) is 0 Å². The van der Waals surface area contributed by atoms with E-state index in [1.807, 2.05) is 0 Å². The first-order valence-electron chi connectivity index (χ1n) is 8.89. The van der Waals surface area contributed by atoms with Crippen LogP contribution in [-0.2, 0) is 6.42 Å². The van der Waals surface area contributed by atoms with Crippen LogP contribution in [0.3, 0.4) is 0 Å². The lowest BCUT2D eigenvalue weighted by atomic mass is 9.53. The second-order valence-electron chi connectivity index (χ2n) is 7.98. The summed E-state index contributed by atoms with van der Waals surface area (Å²) >= 11 is 0. The lowest BCUT2D eigenvalue weighted by Crippen LogP contribution is -2.50. The molecular formula is C21H26O2. The Morgan fingerprint density at radius 1 is 1.26 bits per heavy atom. The number of aliphatic hydroxyl groups is 1. The number of rotatable bonds is 1. The van der Waals surface area contributed by atoms with E-state index in [1.165, 1.54) is 17.5 Å². The fourth-order valence-corrected chi connectivity index (χ4v) is 5.94. The highest BCUT2D eigenvalue weighted by Gasteiger charge is 2.61. The predicted molar refractivity (Wildman–Crippen MR) is 91.4 cm³/mol. The predicted octanol–water partition coefficient (Wildman–Crippen LogP) is 3.92. The average molecular weight is 310 g/mol. The van der Waals surface area contributed by atoms with Crippen molar-refractivity contribution >= 4 is 0 Å². The SMILES string of the molecule is C#C[C@]1(O)CCC2C3CCc4cc(OC)ccc4C3CCC21C. The standard InChI is InChI=1S/C21H26O2/c1-4-21(22)12-10-19-18-7-5-14-13-15(23-3)6-8-16(14)17(18)9-11-20(19,21)2/h1,6,8,13,17-19,22H,5,7,9-12H2,2-3H3/t17?,18?,19?,20?,21-/m0/s1. The van der Waals surface area contributed by atoms with Gasteiger partial charge in [-0.1, -0.05) is 18.9 Å². The molecule has 4 unspecified atom stereocenters. The van der Waals surface area contributed by atoms with Gasteiger partial charge in [-0.05, 0) is 79.5 Å². The highest BCUT2D eigenvalue weighted by molar-refractivity contribution is 5.41. The highest BCUT2D eigenvalue weighted by Crippen LogP contribution is 2.64. The van der Waals surface area contributed by atoms with Crippen LogP contribution in [0, 0.1) is 29.6 Å². The maximum atomic E-state index is 11.0. The van der Waals surface area contributed by atoms with Crippen LogP contribution in [-0.4, -0.2) is 17.8 Å². The van der Waals surface area contributed by atoms with Crippen molar-refractivity contribution in [3.05, 3.63) is 29.3 Å². The Bertz CT molecular complexity index is 673. The minimum absolute atomic E-state index is 0.104. The second kappa shape index (κ2) is 5.02. The number of hydrogen-bond donors (Lipinski definition) is 1. The molecule has 2 fully saturated rings. The summed E-state index contributed by atoms with van der Waals surface area (Å²) in [6, 6.07) is 6.59. The zero-order valence-electron chi connectivity index (χ0n) is 14.1. The molecule has 1 aromatic carbocycles. The molecule has 0 amide bonds. The van der Waals surface area contributed by atoms with E-state index in [1.54, 1.807) is 7.11 Å². The van der Waals surface area contributed by atoms with E-state index < -0.39 is 5.60 Å². The molecule has 0 aliphatic heterocycles. The van der Waals surface area contributed by atoms with E-state index in [0.717, 1.165) is 37.9 Å². The third kappa shape index (κ3) is 1.93. The molecule has 4 rings (SSSR count). The summed E-state index contributed by atoms with van der Waals surface area (Å²) in [5.41, 5.74) is 1.97. The van der Waals surface area contributed by atoms with Crippen LogP contribution in [0.25, 0.3) is 0 Å². The summed E-state index contributed by atoms with van der Waals surface area (Å²) < 4.78 is 5.39. The van der Waals surface area contributed by atoms with Gasteiger partial charge in [0.25, 0.3) is 0 Å². The van der Waals surface area contributed by atoms with Gasteiger partial charge in [-0.2, -0.15) is 0 Å². The van der Waals surface area contributed by atoms with Crippen LogP contribution in [0.2, 0.25) is 0 Å². The van der Waals surface area contributed by atoms with Crippen molar-refractivity contribution in [1.82, 2.24) is 0 Å². The molecule has 2 saturated carbocycles. The number of methoxy groups -OCH3 is 1. The van der Waals surface area contributed by atoms with Gasteiger partial charge in [0.05, 0.1) is 7.11 Å². The molecule has 5 atom stereocenters. The Hall–Kier alpha value is -1.46. The Kier molecular flexibility index (Phi) is 3.29. The van der Waals surface area contributed by atoms with E-state index >= 15 is 0 Å².